The summed E-state index contributed by atoms with van der Waals surface area (Å²) in [5.41, 5.74) is -1.87. The second kappa shape index (κ2) is 4.16. The minimum atomic E-state index is -1.87. The van der Waals surface area contributed by atoms with Gasteiger partial charge >= 0.3 is 0 Å². The molecule has 1 rings (SSSR count). The average molecular weight is 178 g/mol. The highest BCUT2D eigenvalue weighted by molar-refractivity contribution is 4.82. The van der Waals surface area contributed by atoms with E-state index in [1.165, 1.54) is 0 Å². The highest BCUT2D eigenvalue weighted by atomic mass is 19.1. The Balaban J connectivity index is 2.35. The quantitative estimate of drug-likeness (QED) is 0.648. The monoisotopic (exact) mass is 178 g/mol. The zero-order valence-electron chi connectivity index (χ0n) is 7.00. The third kappa shape index (κ3) is 2.40. The van der Waals surface area contributed by atoms with Crippen molar-refractivity contribution in [2.75, 3.05) is 19.8 Å². The molecular formula is C8H15FO3. The van der Waals surface area contributed by atoms with E-state index in [1.54, 1.807) is 0 Å². The summed E-state index contributed by atoms with van der Waals surface area (Å²) in [6.45, 7) is -0.607. The minimum Gasteiger partial charge on any atom is -0.393 e. The fraction of sp³-hybridized carbons (Fsp3) is 1.00. The minimum absolute atomic E-state index is 0.0972. The Kier molecular flexibility index (Phi) is 3.43. The second-order valence-electron chi connectivity index (χ2n) is 3.31. The molecule has 0 aromatic heterocycles. The molecular weight excluding hydrogens is 163 g/mol. The molecule has 1 aliphatic rings. The first-order valence-corrected chi connectivity index (χ1v) is 4.22. The highest BCUT2D eigenvalue weighted by Gasteiger charge is 2.33. The molecule has 2 N–H and O–H groups in total. The van der Waals surface area contributed by atoms with Gasteiger partial charge in [0.2, 0.25) is 0 Å². The molecule has 0 aromatic rings. The molecule has 0 spiro atoms. The van der Waals surface area contributed by atoms with Crippen molar-refractivity contribution in [2.24, 2.45) is 0 Å². The molecule has 72 valence electrons. The SMILES string of the molecule is OCC(F)(CO)C[C@H]1CCCO1. The van der Waals surface area contributed by atoms with Crippen LogP contribution in [0.5, 0.6) is 0 Å². The molecule has 0 unspecified atom stereocenters. The number of rotatable bonds is 4. The Hall–Kier alpha value is -0.190. The maximum atomic E-state index is 13.3. The Morgan fingerprint density at radius 1 is 1.42 bits per heavy atom. The van der Waals surface area contributed by atoms with Gasteiger partial charge in [-0.05, 0) is 12.8 Å². The molecule has 0 aromatic carbocycles. The van der Waals surface area contributed by atoms with E-state index in [0.717, 1.165) is 12.8 Å². The largest absolute Gasteiger partial charge is 0.393 e. The normalized spacial score (nSPS) is 24.8. The van der Waals surface area contributed by atoms with E-state index in [-0.39, 0.29) is 12.5 Å². The van der Waals surface area contributed by atoms with Gasteiger partial charge < -0.3 is 14.9 Å². The summed E-state index contributed by atoms with van der Waals surface area (Å²) in [5, 5.41) is 17.3. The van der Waals surface area contributed by atoms with Gasteiger partial charge in [-0.15, -0.1) is 0 Å². The summed E-state index contributed by atoms with van der Waals surface area (Å²) < 4.78 is 18.5. The van der Waals surface area contributed by atoms with Crippen LogP contribution in [0.2, 0.25) is 0 Å². The van der Waals surface area contributed by atoms with Gasteiger partial charge in [-0.2, -0.15) is 0 Å². The van der Waals surface area contributed by atoms with E-state index >= 15 is 0 Å². The Morgan fingerprint density at radius 3 is 2.50 bits per heavy atom. The topological polar surface area (TPSA) is 49.7 Å². The fourth-order valence-electron chi connectivity index (χ4n) is 1.39. The van der Waals surface area contributed by atoms with E-state index in [2.05, 4.69) is 0 Å². The Labute approximate surface area is 71.2 Å². The summed E-state index contributed by atoms with van der Waals surface area (Å²) in [5.74, 6) is 0. The fourth-order valence-corrected chi connectivity index (χ4v) is 1.39. The first-order chi connectivity index (χ1) is 5.70. The van der Waals surface area contributed by atoms with Crippen molar-refractivity contribution in [2.45, 2.75) is 31.0 Å². The molecule has 4 heteroatoms. The second-order valence-corrected chi connectivity index (χ2v) is 3.31. The van der Waals surface area contributed by atoms with Crippen molar-refractivity contribution in [1.29, 1.82) is 0 Å². The molecule has 0 aliphatic carbocycles. The molecule has 3 nitrogen and oxygen atoms in total. The Morgan fingerprint density at radius 2 is 2.08 bits per heavy atom. The summed E-state index contributed by atoms with van der Waals surface area (Å²) in [6.07, 6.45) is 1.73. The third-order valence-electron chi connectivity index (χ3n) is 2.18. The first kappa shape index (κ1) is 9.89. The van der Waals surface area contributed by atoms with Crippen molar-refractivity contribution < 1.29 is 19.3 Å². The Bertz CT molecular complexity index is 130. The van der Waals surface area contributed by atoms with Crippen LogP contribution in [-0.2, 0) is 4.74 Å². The summed E-state index contributed by atoms with van der Waals surface area (Å²) in [7, 11) is 0. The highest BCUT2D eigenvalue weighted by Crippen LogP contribution is 2.24. The van der Waals surface area contributed by atoms with Gasteiger partial charge in [-0.1, -0.05) is 0 Å². The number of halogens is 1. The number of ether oxygens (including phenoxy) is 1. The molecule has 0 radical (unpaired) electrons. The van der Waals surface area contributed by atoms with E-state index in [0.29, 0.717) is 6.61 Å². The van der Waals surface area contributed by atoms with E-state index in [9.17, 15) is 4.39 Å². The smallest absolute Gasteiger partial charge is 0.159 e. The van der Waals surface area contributed by atoms with Gasteiger partial charge in [-0.25, -0.2) is 4.39 Å². The molecule has 0 amide bonds. The number of aliphatic hydroxyl groups excluding tert-OH is 2. The van der Waals surface area contributed by atoms with Gasteiger partial charge in [0, 0.05) is 13.0 Å². The van der Waals surface area contributed by atoms with Crippen molar-refractivity contribution in [1.82, 2.24) is 0 Å². The van der Waals surface area contributed by atoms with Crippen LogP contribution < -0.4 is 0 Å². The van der Waals surface area contributed by atoms with Crippen LogP contribution >= 0.6 is 0 Å². The van der Waals surface area contributed by atoms with Crippen LogP contribution in [0, 0.1) is 0 Å². The van der Waals surface area contributed by atoms with Crippen LogP contribution in [0.1, 0.15) is 19.3 Å². The molecule has 1 aliphatic heterocycles. The van der Waals surface area contributed by atoms with Crippen molar-refractivity contribution in [3.05, 3.63) is 0 Å². The molecule has 0 saturated carbocycles. The predicted octanol–water partition coefficient (Wildman–Crippen LogP) is 0.248. The lowest BCUT2D eigenvalue weighted by molar-refractivity contribution is -0.0282. The van der Waals surface area contributed by atoms with Crippen molar-refractivity contribution in [3.63, 3.8) is 0 Å². The van der Waals surface area contributed by atoms with E-state index in [4.69, 9.17) is 14.9 Å². The lowest BCUT2D eigenvalue weighted by Gasteiger charge is -2.23. The van der Waals surface area contributed by atoms with Crippen LogP contribution in [0.15, 0.2) is 0 Å². The lowest BCUT2D eigenvalue weighted by atomic mass is 9.98. The number of hydrogen-bond acceptors (Lipinski definition) is 3. The number of aliphatic hydroxyl groups is 2. The standard InChI is InChI=1S/C8H15FO3/c9-8(5-10,6-11)4-7-2-1-3-12-7/h7,10-11H,1-6H2/t7-/m1/s1. The molecule has 1 heterocycles. The zero-order valence-corrected chi connectivity index (χ0v) is 7.00. The van der Waals surface area contributed by atoms with E-state index in [1.807, 2.05) is 0 Å². The van der Waals surface area contributed by atoms with Crippen LogP contribution in [-0.4, -0.2) is 41.8 Å². The van der Waals surface area contributed by atoms with Crippen molar-refractivity contribution in [3.8, 4) is 0 Å². The molecule has 0 bridgehead atoms. The molecule has 1 saturated heterocycles. The maximum absolute atomic E-state index is 13.3. The van der Waals surface area contributed by atoms with Gasteiger partial charge in [0.05, 0.1) is 19.3 Å². The lowest BCUT2D eigenvalue weighted by Crippen LogP contribution is -2.36. The number of alkyl halides is 1. The van der Waals surface area contributed by atoms with Gasteiger partial charge in [0.25, 0.3) is 0 Å². The van der Waals surface area contributed by atoms with E-state index < -0.39 is 18.9 Å². The first-order valence-electron chi connectivity index (χ1n) is 4.22. The van der Waals surface area contributed by atoms with Gasteiger partial charge in [0.15, 0.2) is 5.67 Å². The third-order valence-corrected chi connectivity index (χ3v) is 2.18. The van der Waals surface area contributed by atoms with Crippen LogP contribution in [0.3, 0.4) is 0 Å². The molecule has 1 fully saturated rings. The zero-order chi connectivity index (χ0) is 9.03. The van der Waals surface area contributed by atoms with Gasteiger partial charge in [-0.3, -0.25) is 0 Å². The predicted molar refractivity (Wildman–Crippen MR) is 41.6 cm³/mol. The summed E-state index contributed by atoms with van der Waals surface area (Å²) in [4.78, 5) is 0. The summed E-state index contributed by atoms with van der Waals surface area (Å²) >= 11 is 0. The summed E-state index contributed by atoms with van der Waals surface area (Å²) in [6, 6.07) is 0. The average Bonchev–Trinajstić information content (AvgIpc) is 2.57. The van der Waals surface area contributed by atoms with Crippen LogP contribution in [0.4, 0.5) is 4.39 Å². The van der Waals surface area contributed by atoms with Gasteiger partial charge in [0.1, 0.15) is 0 Å². The molecule has 1 atom stereocenters. The maximum Gasteiger partial charge on any atom is 0.159 e. The molecule has 12 heavy (non-hydrogen) atoms. The van der Waals surface area contributed by atoms with Crippen LogP contribution in [0.25, 0.3) is 0 Å². The number of hydrogen-bond donors (Lipinski definition) is 2. The van der Waals surface area contributed by atoms with Crippen molar-refractivity contribution >= 4 is 0 Å².